The molecular formula is C17H17ClN4O. The molecule has 118 valence electrons. The number of hydrogen-bond donors (Lipinski definition) is 1. The summed E-state index contributed by atoms with van der Waals surface area (Å²) >= 11 is 5.99. The summed E-state index contributed by atoms with van der Waals surface area (Å²) in [5.41, 5.74) is 1.56. The molecule has 0 atom stereocenters. The Kier molecular flexibility index (Phi) is 3.18. The minimum atomic E-state index is -0.995. The zero-order chi connectivity index (χ0) is 16.2. The highest BCUT2D eigenvalue weighted by molar-refractivity contribution is 6.28. The number of pyridine rings is 1. The predicted molar refractivity (Wildman–Crippen MR) is 88.9 cm³/mol. The van der Waals surface area contributed by atoms with Crippen molar-refractivity contribution in [2.45, 2.75) is 38.2 Å². The van der Waals surface area contributed by atoms with Crippen molar-refractivity contribution < 1.29 is 5.11 Å². The van der Waals surface area contributed by atoms with E-state index in [0.717, 1.165) is 16.9 Å². The molecule has 0 radical (unpaired) electrons. The van der Waals surface area contributed by atoms with E-state index < -0.39 is 5.60 Å². The average molecular weight is 329 g/mol. The second-order valence-corrected chi connectivity index (χ2v) is 6.87. The molecule has 1 saturated carbocycles. The number of nitrogens with zero attached hydrogens (tertiary/aromatic N) is 4. The highest BCUT2D eigenvalue weighted by Crippen LogP contribution is 2.43. The summed E-state index contributed by atoms with van der Waals surface area (Å²) < 4.78 is 2.04. The van der Waals surface area contributed by atoms with E-state index >= 15 is 0 Å². The summed E-state index contributed by atoms with van der Waals surface area (Å²) in [6.45, 7) is 3.46. The SMILES string of the molecule is CC(C)(O)c1cccc(-n2c(C3CC3)cc3cnc(Cl)nc32)n1. The first kappa shape index (κ1) is 14.6. The summed E-state index contributed by atoms with van der Waals surface area (Å²) in [5, 5.41) is 11.4. The molecule has 0 aliphatic heterocycles. The third-order valence-electron chi connectivity index (χ3n) is 4.13. The Morgan fingerprint density at radius 3 is 2.74 bits per heavy atom. The molecule has 1 aliphatic rings. The normalized spacial score (nSPS) is 15.3. The van der Waals surface area contributed by atoms with Gasteiger partial charge in [-0.15, -0.1) is 0 Å². The molecule has 1 N–H and O–H groups in total. The molecule has 0 aromatic carbocycles. The van der Waals surface area contributed by atoms with Crippen molar-refractivity contribution in [2.75, 3.05) is 0 Å². The zero-order valence-corrected chi connectivity index (χ0v) is 13.7. The van der Waals surface area contributed by atoms with Crippen LogP contribution in [0.5, 0.6) is 0 Å². The van der Waals surface area contributed by atoms with E-state index in [9.17, 15) is 5.11 Å². The summed E-state index contributed by atoms with van der Waals surface area (Å²) in [7, 11) is 0. The van der Waals surface area contributed by atoms with Gasteiger partial charge < -0.3 is 5.11 Å². The lowest BCUT2D eigenvalue weighted by Crippen LogP contribution is -2.18. The third kappa shape index (κ3) is 2.60. The van der Waals surface area contributed by atoms with Crippen molar-refractivity contribution in [2.24, 2.45) is 0 Å². The van der Waals surface area contributed by atoms with Crippen molar-refractivity contribution in [3.63, 3.8) is 0 Å². The Morgan fingerprint density at radius 1 is 1.26 bits per heavy atom. The minimum Gasteiger partial charge on any atom is -0.384 e. The number of rotatable bonds is 3. The minimum absolute atomic E-state index is 0.220. The third-order valence-corrected chi connectivity index (χ3v) is 4.31. The fourth-order valence-corrected chi connectivity index (χ4v) is 2.93. The van der Waals surface area contributed by atoms with E-state index in [1.54, 1.807) is 20.0 Å². The maximum absolute atomic E-state index is 10.2. The Bertz CT molecular complexity index is 893. The molecule has 3 heterocycles. The maximum atomic E-state index is 10.2. The molecular weight excluding hydrogens is 312 g/mol. The molecule has 0 bridgehead atoms. The van der Waals surface area contributed by atoms with Crippen LogP contribution in [-0.4, -0.2) is 24.6 Å². The van der Waals surface area contributed by atoms with Gasteiger partial charge in [-0.3, -0.25) is 4.57 Å². The quantitative estimate of drug-likeness (QED) is 0.746. The van der Waals surface area contributed by atoms with Crippen LogP contribution in [0.1, 0.15) is 44.0 Å². The second kappa shape index (κ2) is 5.01. The Morgan fingerprint density at radius 2 is 2.04 bits per heavy atom. The first-order valence-corrected chi connectivity index (χ1v) is 8.05. The van der Waals surface area contributed by atoms with Gasteiger partial charge in [0.25, 0.3) is 0 Å². The molecule has 23 heavy (non-hydrogen) atoms. The summed E-state index contributed by atoms with van der Waals surface area (Å²) in [5.74, 6) is 1.27. The molecule has 0 spiro atoms. The van der Waals surface area contributed by atoms with Crippen molar-refractivity contribution in [3.05, 3.63) is 47.1 Å². The highest BCUT2D eigenvalue weighted by atomic mass is 35.5. The Labute approximate surface area is 139 Å². The standard InChI is InChI=1S/C17H17ClN4O/c1-17(2,23)13-4-3-5-14(20-13)22-12(10-6-7-10)8-11-9-19-16(18)21-15(11)22/h3-5,8-10,23H,6-7H2,1-2H3. The van der Waals surface area contributed by atoms with E-state index in [0.29, 0.717) is 11.6 Å². The smallest absolute Gasteiger partial charge is 0.224 e. The molecule has 4 rings (SSSR count). The summed E-state index contributed by atoms with van der Waals surface area (Å²) in [6.07, 6.45) is 4.08. The van der Waals surface area contributed by atoms with Crippen LogP contribution in [0.4, 0.5) is 0 Å². The molecule has 3 aromatic rings. The van der Waals surface area contributed by atoms with Gasteiger partial charge in [-0.2, -0.15) is 4.98 Å². The van der Waals surface area contributed by atoms with Gasteiger partial charge in [-0.05, 0) is 62.4 Å². The highest BCUT2D eigenvalue weighted by Gasteiger charge is 2.29. The zero-order valence-electron chi connectivity index (χ0n) is 13.0. The van der Waals surface area contributed by atoms with Gasteiger partial charge in [-0.1, -0.05) is 6.07 Å². The van der Waals surface area contributed by atoms with Crippen molar-refractivity contribution in [3.8, 4) is 5.82 Å². The van der Waals surface area contributed by atoms with Crippen LogP contribution in [0, 0.1) is 0 Å². The average Bonchev–Trinajstić information content (AvgIpc) is 3.28. The predicted octanol–water partition coefficient (Wildman–Crippen LogP) is 3.57. The van der Waals surface area contributed by atoms with Crippen LogP contribution in [0.3, 0.4) is 0 Å². The molecule has 0 amide bonds. The van der Waals surface area contributed by atoms with Crippen LogP contribution in [-0.2, 0) is 5.60 Å². The van der Waals surface area contributed by atoms with Crippen molar-refractivity contribution in [1.29, 1.82) is 0 Å². The fourth-order valence-electron chi connectivity index (χ4n) is 2.80. The first-order valence-electron chi connectivity index (χ1n) is 7.67. The maximum Gasteiger partial charge on any atom is 0.224 e. The van der Waals surface area contributed by atoms with Crippen LogP contribution >= 0.6 is 11.6 Å². The van der Waals surface area contributed by atoms with Gasteiger partial charge >= 0.3 is 0 Å². The molecule has 0 unspecified atom stereocenters. The number of halogens is 1. The van der Waals surface area contributed by atoms with Crippen LogP contribution in [0.15, 0.2) is 30.5 Å². The second-order valence-electron chi connectivity index (χ2n) is 6.54. The fraction of sp³-hybridized carbons (Fsp3) is 0.353. The lowest BCUT2D eigenvalue weighted by molar-refractivity contribution is 0.0738. The molecule has 1 aliphatic carbocycles. The van der Waals surface area contributed by atoms with Gasteiger partial charge in [0, 0.05) is 17.3 Å². The molecule has 0 saturated heterocycles. The van der Waals surface area contributed by atoms with E-state index in [-0.39, 0.29) is 5.28 Å². The molecule has 5 nitrogen and oxygen atoms in total. The van der Waals surface area contributed by atoms with Crippen molar-refractivity contribution in [1.82, 2.24) is 19.5 Å². The van der Waals surface area contributed by atoms with Gasteiger partial charge in [0.05, 0.1) is 5.69 Å². The van der Waals surface area contributed by atoms with Crippen LogP contribution in [0.25, 0.3) is 16.9 Å². The summed E-state index contributed by atoms with van der Waals surface area (Å²) in [4.78, 5) is 13.1. The van der Waals surface area contributed by atoms with Gasteiger partial charge in [0.1, 0.15) is 11.4 Å². The van der Waals surface area contributed by atoms with E-state index in [2.05, 4.69) is 21.0 Å². The lowest BCUT2D eigenvalue weighted by atomic mass is 10.1. The topological polar surface area (TPSA) is 63.8 Å². The van der Waals surface area contributed by atoms with Crippen molar-refractivity contribution >= 4 is 22.6 Å². The van der Waals surface area contributed by atoms with E-state index in [1.165, 1.54) is 18.5 Å². The first-order chi connectivity index (χ1) is 10.9. The number of fused-ring (bicyclic) bond motifs is 1. The molecule has 6 heteroatoms. The van der Waals surface area contributed by atoms with Gasteiger partial charge in [0.2, 0.25) is 5.28 Å². The number of aromatic nitrogens is 4. The summed E-state index contributed by atoms with van der Waals surface area (Å²) in [6, 6.07) is 7.77. The van der Waals surface area contributed by atoms with Gasteiger partial charge in [-0.25, -0.2) is 9.97 Å². The Balaban J connectivity index is 1.97. The number of aliphatic hydroxyl groups is 1. The van der Waals surface area contributed by atoms with E-state index in [4.69, 9.17) is 11.6 Å². The largest absolute Gasteiger partial charge is 0.384 e. The van der Waals surface area contributed by atoms with E-state index in [1.807, 2.05) is 22.8 Å². The molecule has 1 fully saturated rings. The molecule has 3 aromatic heterocycles. The number of hydrogen-bond acceptors (Lipinski definition) is 4. The van der Waals surface area contributed by atoms with Crippen LogP contribution in [0.2, 0.25) is 5.28 Å². The van der Waals surface area contributed by atoms with Crippen LogP contribution < -0.4 is 0 Å². The monoisotopic (exact) mass is 328 g/mol. The van der Waals surface area contributed by atoms with Gasteiger partial charge in [0.15, 0.2) is 5.65 Å². The lowest BCUT2D eigenvalue weighted by Gasteiger charge is -2.18. The Hall–Kier alpha value is -1.98.